The second-order valence-electron chi connectivity index (χ2n) is 5.15. The Kier molecular flexibility index (Phi) is 5.32. The average Bonchev–Trinajstić information content (AvgIpc) is 2.83. The average molecular weight is 265 g/mol. The Balaban J connectivity index is 1.58. The molecule has 2 heterocycles. The Labute approximate surface area is 114 Å². The first kappa shape index (κ1) is 14.0. The van der Waals surface area contributed by atoms with E-state index < -0.39 is 0 Å². The van der Waals surface area contributed by atoms with E-state index in [4.69, 9.17) is 0 Å². The molecule has 6 heteroatoms. The minimum Gasteiger partial charge on any atom is -0.354 e. The number of piperidine rings is 1. The van der Waals surface area contributed by atoms with Crippen molar-refractivity contribution in [3.05, 3.63) is 12.2 Å². The molecule has 0 unspecified atom stereocenters. The van der Waals surface area contributed by atoms with Crippen molar-refractivity contribution in [1.29, 1.82) is 0 Å². The maximum atomic E-state index is 11.7. The zero-order valence-corrected chi connectivity index (χ0v) is 11.6. The van der Waals surface area contributed by atoms with E-state index in [1.165, 1.54) is 12.8 Å². The molecule has 0 saturated carbocycles. The van der Waals surface area contributed by atoms with Gasteiger partial charge in [-0.2, -0.15) is 0 Å². The van der Waals surface area contributed by atoms with Crippen LogP contribution < -0.4 is 10.6 Å². The van der Waals surface area contributed by atoms with Crippen LogP contribution in [0.4, 0.5) is 0 Å². The molecule has 1 saturated heterocycles. The van der Waals surface area contributed by atoms with Gasteiger partial charge in [-0.25, -0.2) is 0 Å². The van der Waals surface area contributed by atoms with Crippen LogP contribution in [0, 0.1) is 12.8 Å². The number of amides is 1. The molecular weight excluding hydrogens is 242 g/mol. The number of aryl methyl sites for hydroxylation is 1. The van der Waals surface area contributed by atoms with Crippen LogP contribution in [-0.4, -0.2) is 40.3 Å². The molecule has 0 aliphatic carbocycles. The van der Waals surface area contributed by atoms with Crippen LogP contribution >= 0.6 is 0 Å². The normalized spacial score (nSPS) is 16.5. The Morgan fingerprint density at radius 2 is 2.32 bits per heavy atom. The Hall–Kier alpha value is -1.43. The standard InChI is InChI=1S/C13H23N5O/c1-11-17-16-10-18(11)9-8-15-13(19)3-2-12-4-6-14-7-5-12/h10,12,14H,2-9H2,1H3,(H,15,19). The third-order valence-corrected chi connectivity index (χ3v) is 3.72. The molecule has 1 aromatic heterocycles. The molecule has 1 aliphatic rings. The van der Waals surface area contributed by atoms with Gasteiger partial charge in [0.15, 0.2) is 0 Å². The van der Waals surface area contributed by atoms with Crippen molar-refractivity contribution in [2.45, 2.75) is 39.2 Å². The second kappa shape index (κ2) is 7.23. The number of hydrogen-bond donors (Lipinski definition) is 2. The molecule has 106 valence electrons. The molecule has 1 fully saturated rings. The summed E-state index contributed by atoms with van der Waals surface area (Å²) in [5, 5.41) is 14.0. The molecule has 1 amide bonds. The van der Waals surface area contributed by atoms with Crippen LogP contribution in [0.2, 0.25) is 0 Å². The molecule has 0 aromatic carbocycles. The van der Waals surface area contributed by atoms with Gasteiger partial charge in [0.25, 0.3) is 0 Å². The van der Waals surface area contributed by atoms with Gasteiger partial charge in [0.05, 0.1) is 0 Å². The van der Waals surface area contributed by atoms with Gasteiger partial charge in [0.1, 0.15) is 12.2 Å². The van der Waals surface area contributed by atoms with Gasteiger partial charge in [0.2, 0.25) is 5.91 Å². The van der Waals surface area contributed by atoms with E-state index in [0.717, 1.165) is 31.9 Å². The van der Waals surface area contributed by atoms with Gasteiger partial charge in [-0.3, -0.25) is 4.79 Å². The predicted octanol–water partition coefficient (Wildman–Crippen LogP) is 0.483. The lowest BCUT2D eigenvalue weighted by Gasteiger charge is -2.22. The second-order valence-corrected chi connectivity index (χ2v) is 5.15. The fourth-order valence-corrected chi connectivity index (χ4v) is 2.44. The van der Waals surface area contributed by atoms with E-state index in [1.807, 2.05) is 11.5 Å². The van der Waals surface area contributed by atoms with Crippen molar-refractivity contribution < 1.29 is 4.79 Å². The first-order valence-electron chi connectivity index (χ1n) is 7.07. The summed E-state index contributed by atoms with van der Waals surface area (Å²) in [4.78, 5) is 11.7. The Morgan fingerprint density at radius 1 is 1.53 bits per heavy atom. The van der Waals surface area contributed by atoms with Gasteiger partial charge in [0, 0.05) is 19.5 Å². The number of carbonyl (C=O) groups is 1. The van der Waals surface area contributed by atoms with Crippen molar-refractivity contribution in [3.63, 3.8) is 0 Å². The van der Waals surface area contributed by atoms with Crippen LogP contribution in [0.25, 0.3) is 0 Å². The fourth-order valence-electron chi connectivity index (χ4n) is 2.44. The van der Waals surface area contributed by atoms with Crippen molar-refractivity contribution in [3.8, 4) is 0 Å². The van der Waals surface area contributed by atoms with Gasteiger partial charge < -0.3 is 15.2 Å². The summed E-state index contributed by atoms with van der Waals surface area (Å²) in [7, 11) is 0. The molecule has 2 N–H and O–H groups in total. The van der Waals surface area contributed by atoms with Crippen molar-refractivity contribution in [1.82, 2.24) is 25.4 Å². The molecule has 0 spiro atoms. The zero-order chi connectivity index (χ0) is 13.5. The molecule has 0 atom stereocenters. The molecule has 1 aromatic rings. The molecule has 19 heavy (non-hydrogen) atoms. The summed E-state index contributed by atoms with van der Waals surface area (Å²) in [5.74, 6) is 1.75. The largest absolute Gasteiger partial charge is 0.354 e. The van der Waals surface area contributed by atoms with Gasteiger partial charge in [-0.15, -0.1) is 10.2 Å². The van der Waals surface area contributed by atoms with E-state index in [2.05, 4.69) is 20.8 Å². The highest BCUT2D eigenvalue weighted by Crippen LogP contribution is 2.17. The Bertz CT molecular complexity index is 397. The zero-order valence-electron chi connectivity index (χ0n) is 11.6. The highest BCUT2D eigenvalue weighted by atomic mass is 16.1. The summed E-state index contributed by atoms with van der Waals surface area (Å²) in [6.45, 7) is 5.48. The molecule has 2 rings (SSSR count). The van der Waals surface area contributed by atoms with Gasteiger partial charge in [-0.1, -0.05) is 0 Å². The number of nitrogens with one attached hydrogen (secondary N) is 2. The van der Waals surface area contributed by atoms with E-state index in [1.54, 1.807) is 6.33 Å². The number of carbonyl (C=O) groups excluding carboxylic acids is 1. The minimum atomic E-state index is 0.157. The third-order valence-electron chi connectivity index (χ3n) is 3.72. The molecule has 1 aliphatic heterocycles. The fraction of sp³-hybridized carbons (Fsp3) is 0.769. The van der Waals surface area contributed by atoms with Crippen LogP contribution in [0.5, 0.6) is 0 Å². The molecule has 0 radical (unpaired) electrons. The van der Waals surface area contributed by atoms with E-state index in [-0.39, 0.29) is 5.91 Å². The summed E-state index contributed by atoms with van der Waals surface area (Å²) in [5.41, 5.74) is 0. The van der Waals surface area contributed by atoms with E-state index in [9.17, 15) is 4.79 Å². The van der Waals surface area contributed by atoms with E-state index >= 15 is 0 Å². The highest BCUT2D eigenvalue weighted by Gasteiger charge is 2.14. The monoisotopic (exact) mass is 265 g/mol. The molecule has 6 nitrogen and oxygen atoms in total. The highest BCUT2D eigenvalue weighted by molar-refractivity contribution is 5.75. The van der Waals surface area contributed by atoms with Crippen LogP contribution in [0.3, 0.4) is 0 Å². The predicted molar refractivity (Wildman–Crippen MR) is 72.6 cm³/mol. The summed E-state index contributed by atoms with van der Waals surface area (Å²) < 4.78 is 1.94. The van der Waals surface area contributed by atoms with E-state index in [0.29, 0.717) is 18.9 Å². The number of nitrogens with zero attached hydrogens (tertiary/aromatic N) is 3. The SMILES string of the molecule is Cc1nncn1CCNC(=O)CCC1CCNCC1. The quantitative estimate of drug-likeness (QED) is 0.785. The summed E-state index contributed by atoms with van der Waals surface area (Å²) in [6.07, 6.45) is 5.75. The molecule has 0 bridgehead atoms. The van der Waals surface area contributed by atoms with Crippen LogP contribution in [0.15, 0.2) is 6.33 Å². The van der Waals surface area contributed by atoms with Gasteiger partial charge in [-0.05, 0) is 45.2 Å². The van der Waals surface area contributed by atoms with Crippen molar-refractivity contribution >= 4 is 5.91 Å². The topological polar surface area (TPSA) is 71.8 Å². The first-order valence-corrected chi connectivity index (χ1v) is 7.07. The summed E-state index contributed by atoms with van der Waals surface area (Å²) >= 11 is 0. The summed E-state index contributed by atoms with van der Waals surface area (Å²) in [6, 6.07) is 0. The smallest absolute Gasteiger partial charge is 0.220 e. The number of aromatic nitrogens is 3. The minimum absolute atomic E-state index is 0.157. The van der Waals surface area contributed by atoms with Crippen molar-refractivity contribution in [2.75, 3.05) is 19.6 Å². The Morgan fingerprint density at radius 3 is 3.00 bits per heavy atom. The van der Waals surface area contributed by atoms with Gasteiger partial charge >= 0.3 is 0 Å². The van der Waals surface area contributed by atoms with Crippen LogP contribution in [0.1, 0.15) is 31.5 Å². The third kappa shape index (κ3) is 4.63. The first-order chi connectivity index (χ1) is 9.25. The van der Waals surface area contributed by atoms with Crippen LogP contribution in [-0.2, 0) is 11.3 Å². The maximum Gasteiger partial charge on any atom is 0.220 e. The number of hydrogen-bond acceptors (Lipinski definition) is 4. The lowest BCUT2D eigenvalue weighted by atomic mass is 9.93. The maximum absolute atomic E-state index is 11.7. The molecular formula is C13H23N5O. The lowest BCUT2D eigenvalue weighted by molar-refractivity contribution is -0.121. The number of rotatable bonds is 6. The van der Waals surface area contributed by atoms with Crippen molar-refractivity contribution in [2.24, 2.45) is 5.92 Å². The lowest BCUT2D eigenvalue weighted by Crippen LogP contribution is -2.30.